The first-order valence-electron chi connectivity index (χ1n) is 5.98. The summed E-state index contributed by atoms with van der Waals surface area (Å²) in [5, 5.41) is 0. The highest BCUT2D eigenvalue weighted by atomic mass is 16.4. The molecule has 0 fully saturated rings. The molecule has 92 valence electrons. The lowest BCUT2D eigenvalue weighted by molar-refractivity contribution is 0.518. The molecule has 4 heteroatoms. The number of nitrogens with zero attached hydrogens (tertiary/aromatic N) is 2. The molecule has 1 aromatic heterocycles. The maximum absolute atomic E-state index is 5.86. The monoisotopic (exact) mass is 233 g/mol. The predicted octanol–water partition coefficient (Wildman–Crippen LogP) is 2.89. The lowest BCUT2D eigenvalue weighted by Gasteiger charge is -2.18. The summed E-state index contributed by atoms with van der Waals surface area (Å²) < 4.78 is 5.69. The maximum Gasteiger partial charge on any atom is 0.298 e. The fraction of sp³-hybridized carbons (Fsp3) is 0.462. The molecule has 1 aromatic carbocycles. The first-order chi connectivity index (χ1) is 8.11. The number of benzene rings is 1. The van der Waals surface area contributed by atoms with E-state index in [1.807, 2.05) is 30.1 Å². The van der Waals surface area contributed by atoms with Gasteiger partial charge < -0.3 is 15.1 Å². The van der Waals surface area contributed by atoms with Crippen molar-refractivity contribution >= 4 is 22.8 Å². The van der Waals surface area contributed by atoms with Gasteiger partial charge in [0.05, 0.1) is 5.69 Å². The average Bonchev–Trinajstić information content (AvgIpc) is 2.74. The van der Waals surface area contributed by atoms with Gasteiger partial charge in [-0.3, -0.25) is 0 Å². The van der Waals surface area contributed by atoms with Crippen molar-refractivity contribution in [1.29, 1.82) is 0 Å². The van der Waals surface area contributed by atoms with E-state index in [2.05, 4.69) is 18.8 Å². The van der Waals surface area contributed by atoms with E-state index in [-0.39, 0.29) is 0 Å². The summed E-state index contributed by atoms with van der Waals surface area (Å²) >= 11 is 0. The van der Waals surface area contributed by atoms with Gasteiger partial charge in [-0.05, 0) is 18.1 Å². The fourth-order valence-corrected chi connectivity index (χ4v) is 1.80. The third kappa shape index (κ3) is 2.35. The van der Waals surface area contributed by atoms with Crippen LogP contribution < -0.4 is 10.6 Å². The molecule has 0 saturated heterocycles. The number of fused-ring (bicyclic) bond motifs is 1. The van der Waals surface area contributed by atoms with Gasteiger partial charge in [-0.1, -0.05) is 26.3 Å². The Morgan fingerprint density at radius 2 is 2.24 bits per heavy atom. The van der Waals surface area contributed by atoms with Crippen molar-refractivity contribution in [2.75, 3.05) is 24.2 Å². The van der Waals surface area contributed by atoms with Crippen molar-refractivity contribution in [3.63, 3.8) is 0 Å². The molecule has 17 heavy (non-hydrogen) atoms. The summed E-state index contributed by atoms with van der Waals surface area (Å²) in [6.45, 7) is 5.33. The Morgan fingerprint density at radius 3 is 2.88 bits per heavy atom. The van der Waals surface area contributed by atoms with E-state index in [9.17, 15) is 0 Å². The minimum Gasteiger partial charge on any atom is -0.423 e. The summed E-state index contributed by atoms with van der Waals surface area (Å²) in [6, 6.07) is 6.24. The second kappa shape index (κ2) is 4.65. The zero-order valence-corrected chi connectivity index (χ0v) is 10.6. The van der Waals surface area contributed by atoms with Gasteiger partial charge in [-0.15, -0.1) is 0 Å². The van der Waals surface area contributed by atoms with E-state index >= 15 is 0 Å². The van der Waals surface area contributed by atoms with Gasteiger partial charge in [0.25, 0.3) is 6.01 Å². The van der Waals surface area contributed by atoms with Crippen LogP contribution in [0.5, 0.6) is 0 Å². The van der Waals surface area contributed by atoms with Crippen LogP contribution in [0.25, 0.3) is 11.1 Å². The number of anilines is 2. The molecule has 4 nitrogen and oxygen atoms in total. The Labute approximate surface area is 101 Å². The van der Waals surface area contributed by atoms with Crippen LogP contribution in [0, 0.1) is 5.92 Å². The lowest BCUT2D eigenvalue weighted by Crippen LogP contribution is -2.23. The van der Waals surface area contributed by atoms with Gasteiger partial charge in [0.1, 0.15) is 5.52 Å². The number of nitrogen functional groups attached to an aromatic ring is 1. The zero-order chi connectivity index (χ0) is 12.4. The van der Waals surface area contributed by atoms with Crippen LogP contribution >= 0.6 is 0 Å². The number of rotatable bonds is 4. The van der Waals surface area contributed by atoms with Crippen LogP contribution in [-0.4, -0.2) is 18.6 Å². The topological polar surface area (TPSA) is 55.3 Å². The lowest BCUT2D eigenvalue weighted by atomic mass is 10.1. The van der Waals surface area contributed by atoms with Crippen molar-refractivity contribution in [2.45, 2.75) is 20.3 Å². The van der Waals surface area contributed by atoms with Crippen molar-refractivity contribution in [3.8, 4) is 0 Å². The SMILES string of the molecule is CCC(C)CN(C)c1nc2c(N)cccc2o1. The molecule has 0 bridgehead atoms. The molecule has 0 saturated carbocycles. The van der Waals surface area contributed by atoms with Gasteiger partial charge in [0, 0.05) is 13.6 Å². The van der Waals surface area contributed by atoms with Crippen LogP contribution in [0.1, 0.15) is 20.3 Å². The van der Waals surface area contributed by atoms with E-state index in [0.717, 1.165) is 24.1 Å². The molecule has 0 amide bonds. The Morgan fingerprint density at radius 1 is 1.47 bits per heavy atom. The van der Waals surface area contributed by atoms with Crippen LogP contribution in [0.3, 0.4) is 0 Å². The molecule has 0 aliphatic carbocycles. The van der Waals surface area contributed by atoms with Gasteiger partial charge in [-0.25, -0.2) is 0 Å². The second-order valence-corrected chi connectivity index (χ2v) is 4.58. The maximum atomic E-state index is 5.86. The zero-order valence-electron chi connectivity index (χ0n) is 10.6. The first-order valence-corrected chi connectivity index (χ1v) is 5.98. The standard InChI is InChI=1S/C13H19N3O/c1-4-9(2)8-16(3)13-15-12-10(14)6-5-7-11(12)17-13/h5-7,9H,4,8,14H2,1-3H3. The van der Waals surface area contributed by atoms with Crippen molar-refractivity contribution < 1.29 is 4.42 Å². The summed E-state index contributed by atoms with van der Waals surface area (Å²) in [5.41, 5.74) is 8.01. The molecule has 0 radical (unpaired) electrons. The Balaban J connectivity index is 2.27. The summed E-state index contributed by atoms with van der Waals surface area (Å²) in [4.78, 5) is 6.47. The highest BCUT2D eigenvalue weighted by molar-refractivity contribution is 5.86. The number of para-hydroxylation sites is 1. The van der Waals surface area contributed by atoms with Gasteiger partial charge in [0.15, 0.2) is 5.58 Å². The molecular weight excluding hydrogens is 214 g/mol. The van der Waals surface area contributed by atoms with E-state index in [4.69, 9.17) is 10.2 Å². The summed E-state index contributed by atoms with van der Waals surface area (Å²) in [5.74, 6) is 0.618. The highest BCUT2D eigenvalue weighted by Crippen LogP contribution is 2.25. The van der Waals surface area contributed by atoms with Crippen LogP contribution in [0.15, 0.2) is 22.6 Å². The Hall–Kier alpha value is -1.71. The van der Waals surface area contributed by atoms with Crippen molar-refractivity contribution in [1.82, 2.24) is 4.98 Å². The third-order valence-electron chi connectivity index (χ3n) is 3.05. The number of hydrogen-bond acceptors (Lipinski definition) is 4. The van der Waals surface area contributed by atoms with Crippen LogP contribution in [0.4, 0.5) is 11.7 Å². The molecule has 0 spiro atoms. The average molecular weight is 233 g/mol. The Kier molecular flexibility index (Phi) is 3.22. The van der Waals surface area contributed by atoms with Gasteiger partial charge in [0.2, 0.25) is 0 Å². The normalized spacial score (nSPS) is 12.9. The molecule has 1 atom stereocenters. The molecule has 0 aliphatic heterocycles. The van der Waals surface area contributed by atoms with Crippen LogP contribution in [0.2, 0.25) is 0 Å². The predicted molar refractivity (Wildman–Crippen MR) is 71.1 cm³/mol. The highest BCUT2D eigenvalue weighted by Gasteiger charge is 2.13. The molecule has 2 rings (SSSR count). The first kappa shape index (κ1) is 11.8. The number of nitrogens with two attached hydrogens (primary N) is 1. The molecule has 1 unspecified atom stereocenters. The Bertz CT molecular complexity index is 506. The second-order valence-electron chi connectivity index (χ2n) is 4.58. The van der Waals surface area contributed by atoms with Gasteiger partial charge in [-0.2, -0.15) is 4.98 Å². The van der Waals surface area contributed by atoms with E-state index in [0.29, 0.717) is 17.6 Å². The molecule has 2 N–H and O–H groups in total. The molecular formula is C13H19N3O. The number of hydrogen-bond donors (Lipinski definition) is 1. The van der Waals surface area contributed by atoms with E-state index in [1.54, 1.807) is 0 Å². The number of aromatic nitrogens is 1. The van der Waals surface area contributed by atoms with Crippen molar-refractivity contribution in [3.05, 3.63) is 18.2 Å². The van der Waals surface area contributed by atoms with Crippen LogP contribution in [-0.2, 0) is 0 Å². The van der Waals surface area contributed by atoms with E-state index < -0.39 is 0 Å². The quantitative estimate of drug-likeness (QED) is 0.825. The molecule has 1 heterocycles. The largest absolute Gasteiger partial charge is 0.423 e. The van der Waals surface area contributed by atoms with Crippen molar-refractivity contribution in [2.24, 2.45) is 5.92 Å². The number of oxazole rings is 1. The van der Waals surface area contributed by atoms with E-state index in [1.165, 1.54) is 0 Å². The fourth-order valence-electron chi connectivity index (χ4n) is 1.80. The minimum atomic E-state index is 0.618. The summed E-state index contributed by atoms with van der Waals surface area (Å²) in [6.07, 6.45) is 1.15. The summed E-state index contributed by atoms with van der Waals surface area (Å²) in [7, 11) is 1.99. The third-order valence-corrected chi connectivity index (χ3v) is 3.05. The molecule has 2 aromatic rings. The smallest absolute Gasteiger partial charge is 0.298 e. The van der Waals surface area contributed by atoms with Gasteiger partial charge >= 0.3 is 0 Å². The molecule has 0 aliphatic rings. The minimum absolute atomic E-state index is 0.618.